The Morgan fingerprint density at radius 3 is 2.67 bits per heavy atom. The van der Waals surface area contributed by atoms with Gasteiger partial charge in [0.1, 0.15) is 0 Å². The van der Waals surface area contributed by atoms with E-state index in [9.17, 15) is 13.2 Å². The average molecular weight is 278 g/mol. The van der Waals surface area contributed by atoms with Crippen molar-refractivity contribution >= 4 is 16.0 Å². The Morgan fingerprint density at radius 2 is 2.17 bits per heavy atom. The lowest BCUT2D eigenvalue weighted by Gasteiger charge is -2.28. The molecule has 0 spiro atoms. The second-order valence-electron chi connectivity index (χ2n) is 4.73. The summed E-state index contributed by atoms with van der Waals surface area (Å²) in [6.45, 7) is 5.51. The molecule has 0 saturated carbocycles. The first kappa shape index (κ1) is 15.4. The number of likely N-dealkylation sites (tertiary alicyclic amines) is 1. The van der Waals surface area contributed by atoms with Crippen molar-refractivity contribution in [2.24, 2.45) is 0 Å². The molecule has 7 heteroatoms. The Kier molecular flexibility index (Phi) is 5.12. The number of likely N-dealkylation sites (N-methyl/N-ethyl adjacent to an activating group) is 2. The Balaban J connectivity index is 2.70. The lowest BCUT2D eigenvalue weighted by atomic mass is 10.2. The van der Waals surface area contributed by atoms with Gasteiger partial charge < -0.3 is 5.11 Å². The van der Waals surface area contributed by atoms with Crippen molar-refractivity contribution in [2.75, 3.05) is 26.7 Å². The van der Waals surface area contributed by atoms with Crippen molar-refractivity contribution in [2.45, 2.75) is 38.0 Å². The van der Waals surface area contributed by atoms with Crippen LogP contribution >= 0.6 is 0 Å². The predicted octanol–water partition coefficient (Wildman–Crippen LogP) is 0.205. The summed E-state index contributed by atoms with van der Waals surface area (Å²) in [4.78, 5) is 13.0. The highest BCUT2D eigenvalue weighted by atomic mass is 32.2. The summed E-state index contributed by atoms with van der Waals surface area (Å²) in [6.07, 6.45) is 2.04. The number of rotatable bonds is 6. The monoisotopic (exact) mass is 278 g/mol. The molecule has 0 aromatic rings. The zero-order chi connectivity index (χ0) is 13.9. The summed E-state index contributed by atoms with van der Waals surface area (Å²) in [5, 5.41) is 7.42. The van der Waals surface area contributed by atoms with Crippen molar-refractivity contribution in [3.63, 3.8) is 0 Å². The lowest BCUT2D eigenvalue weighted by molar-refractivity contribution is -0.136. The van der Waals surface area contributed by atoms with Crippen LogP contribution in [0.4, 0.5) is 0 Å². The molecule has 106 valence electrons. The molecule has 1 heterocycles. The molecular formula is C11H22N2O4S. The molecule has 1 fully saturated rings. The van der Waals surface area contributed by atoms with Gasteiger partial charge in [0, 0.05) is 19.6 Å². The van der Waals surface area contributed by atoms with Gasteiger partial charge in [-0.15, -0.1) is 0 Å². The van der Waals surface area contributed by atoms with E-state index in [-0.39, 0.29) is 6.04 Å². The Hall–Kier alpha value is -0.660. The normalized spacial score (nSPS) is 23.4. The molecule has 1 rings (SSSR count). The van der Waals surface area contributed by atoms with E-state index in [1.807, 2.05) is 6.92 Å². The van der Waals surface area contributed by atoms with E-state index in [0.29, 0.717) is 6.54 Å². The van der Waals surface area contributed by atoms with Crippen LogP contribution in [0.1, 0.15) is 26.7 Å². The van der Waals surface area contributed by atoms with Gasteiger partial charge in [-0.3, -0.25) is 9.69 Å². The van der Waals surface area contributed by atoms with Crippen LogP contribution in [-0.2, 0) is 14.8 Å². The van der Waals surface area contributed by atoms with Gasteiger partial charge in [0.2, 0.25) is 10.0 Å². The van der Waals surface area contributed by atoms with E-state index >= 15 is 0 Å². The highest BCUT2D eigenvalue weighted by molar-refractivity contribution is 7.90. The average Bonchev–Trinajstić information content (AvgIpc) is 2.74. The molecule has 0 aliphatic carbocycles. The third-order valence-electron chi connectivity index (χ3n) is 3.60. The molecule has 1 aliphatic heterocycles. The minimum atomic E-state index is -3.75. The first-order valence-corrected chi connectivity index (χ1v) is 7.73. The number of carboxylic acid groups (broad SMARTS) is 1. The summed E-state index contributed by atoms with van der Waals surface area (Å²) >= 11 is 0. The SMILES string of the molecule is CCN1CCCC1CN(C)S(=O)(=O)C(C)C(=O)O. The molecule has 18 heavy (non-hydrogen) atoms. The van der Waals surface area contributed by atoms with Gasteiger partial charge in [-0.2, -0.15) is 0 Å². The number of hydrogen-bond donors (Lipinski definition) is 1. The van der Waals surface area contributed by atoms with Crippen LogP contribution in [0.25, 0.3) is 0 Å². The first-order chi connectivity index (χ1) is 8.30. The second kappa shape index (κ2) is 5.99. The molecule has 6 nitrogen and oxygen atoms in total. The van der Waals surface area contributed by atoms with Crippen LogP contribution in [0.5, 0.6) is 0 Å². The molecule has 2 unspecified atom stereocenters. The third-order valence-corrected chi connectivity index (χ3v) is 5.72. The molecular weight excluding hydrogens is 256 g/mol. The van der Waals surface area contributed by atoms with Crippen molar-refractivity contribution in [1.29, 1.82) is 0 Å². The highest BCUT2D eigenvalue weighted by Gasteiger charge is 2.34. The summed E-state index contributed by atoms with van der Waals surface area (Å²) in [7, 11) is -2.29. The molecule has 1 aliphatic rings. The van der Waals surface area contributed by atoms with Crippen molar-refractivity contribution in [3.8, 4) is 0 Å². The van der Waals surface area contributed by atoms with Crippen LogP contribution < -0.4 is 0 Å². The van der Waals surface area contributed by atoms with Crippen LogP contribution in [0.15, 0.2) is 0 Å². The number of aliphatic carboxylic acids is 1. The van der Waals surface area contributed by atoms with Crippen LogP contribution in [0, 0.1) is 0 Å². The summed E-state index contributed by atoms with van der Waals surface area (Å²) in [5.74, 6) is -1.30. The number of sulfonamides is 1. The smallest absolute Gasteiger partial charge is 0.323 e. The van der Waals surface area contributed by atoms with Crippen molar-refractivity contribution in [1.82, 2.24) is 9.21 Å². The zero-order valence-corrected chi connectivity index (χ0v) is 12.0. The molecule has 0 aromatic carbocycles. The van der Waals surface area contributed by atoms with E-state index in [1.165, 1.54) is 18.3 Å². The minimum Gasteiger partial charge on any atom is -0.480 e. The second-order valence-corrected chi connectivity index (χ2v) is 7.09. The van der Waals surface area contributed by atoms with Gasteiger partial charge in [0.05, 0.1) is 0 Å². The zero-order valence-electron chi connectivity index (χ0n) is 11.2. The van der Waals surface area contributed by atoms with Gasteiger partial charge >= 0.3 is 5.97 Å². The van der Waals surface area contributed by atoms with E-state index in [2.05, 4.69) is 4.90 Å². The maximum absolute atomic E-state index is 12.0. The van der Waals surface area contributed by atoms with Crippen molar-refractivity contribution < 1.29 is 18.3 Å². The summed E-state index contributed by atoms with van der Waals surface area (Å²) in [5.41, 5.74) is 0. The standard InChI is InChI=1S/C11H22N2O4S/c1-4-13-7-5-6-10(13)8-12(3)18(16,17)9(2)11(14)15/h9-10H,4-8H2,1-3H3,(H,14,15). The third kappa shape index (κ3) is 3.21. The van der Waals surface area contributed by atoms with Crippen LogP contribution in [0.3, 0.4) is 0 Å². The Labute approximate surface area is 109 Å². The molecule has 1 saturated heterocycles. The fourth-order valence-corrected chi connectivity index (χ4v) is 3.49. The van der Waals surface area contributed by atoms with E-state index < -0.39 is 21.2 Å². The topological polar surface area (TPSA) is 77.9 Å². The molecule has 2 atom stereocenters. The Morgan fingerprint density at radius 1 is 1.56 bits per heavy atom. The molecule has 1 N–H and O–H groups in total. The van der Waals surface area contributed by atoms with E-state index in [0.717, 1.165) is 25.9 Å². The molecule has 0 aromatic heterocycles. The number of nitrogens with zero attached hydrogens (tertiary/aromatic N) is 2. The van der Waals surface area contributed by atoms with Gasteiger partial charge in [-0.1, -0.05) is 6.92 Å². The number of hydrogen-bond acceptors (Lipinski definition) is 4. The summed E-state index contributed by atoms with van der Waals surface area (Å²) < 4.78 is 25.1. The largest absolute Gasteiger partial charge is 0.480 e. The van der Waals surface area contributed by atoms with Gasteiger partial charge in [0.25, 0.3) is 0 Å². The van der Waals surface area contributed by atoms with Crippen LogP contribution in [-0.4, -0.2) is 66.7 Å². The van der Waals surface area contributed by atoms with E-state index in [4.69, 9.17) is 5.11 Å². The fraction of sp³-hybridized carbons (Fsp3) is 0.909. The van der Waals surface area contributed by atoms with Crippen LogP contribution in [0.2, 0.25) is 0 Å². The first-order valence-electron chi connectivity index (χ1n) is 6.22. The van der Waals surface area contributed by atoms with Gasteiger partial charge in [-0.25, -0.2) is 12.7 Å². The quantitative estimate of drug-likeness (QED) is 0.751. The number of carboxylic acids is 1. The van der Waals surface area contributed by atoms with Gasteiger partial charge in [-0.05, 0) is 32.9 Å². The molecule has 0 bridgehead atoms. The number of carbonyl (C=O) groups is 1. The van der Waals surface area contributed by atoms with Gasteiger partial charge in [0.15, 0.2) is 5.25 Å². The van der Waals surface area contributed by atoms with E-state index in [1.54, 1.807) is 0 Å². The lowest BCUT2D eigenvalue weighted by Crippen LogP contribution is -2.45. The maximum Gasteiger partial charge on any atom is 0.323 e. The Bertz CT molecular complexity index is 396. The molecule has 0 radical (unpaired) electrons. The highest BCUT2D eigenvalue weighted by Crippen LogP contribution is 2.19. The maximum atomic E-state index is 12.0. The molecule has 0 amide bonds. The predicted molar refractivity (Wildman–Crippen MR) is 68.9 cm³/mol. The summed E-state index contributed by atoms with van der Waals surface area (Å²) in [6, 6.07) is 0.204. The van der Waals surface area contributed by atoms with Crippen molar-refractivity contribution in [3.05, 3.63) is 0 Å². The minimum absolute atomic E-state index is 0.204. The fourth-order valence-electron chi connectivity index (χ4n) is 2.32.